The van der Waals surface area contributed by atoms with Gasteiger partial charge in [-0.3, -0.25) is 14.0 Å². The first kappa shape index (κ1) is 20.9. The Balaban J connectivity index is 1.28. The monoisotopic (exact) mass is 444 g/mol. The molecule has 9 heteroatoms. The number of anilines is 1. The fraction of sp³-hybridized carbons (Fsp3) is 0.429. The number of ether oxygens (including phenoxy) is 1. The number of amides is 1. The van der Waals surface area contributed by atoms with Crippen LogP contribution in [0.2, 0.25) is 0 Å². The fourth-order valence-electron chi connectivity index (χ4n) is 3.54. The highest BCUT2D eigenvalue weighted by Gasteiger charge is 2.16. The summed E-state index contributed by atoms with van der Waals surface area (Å²) in [7, 11) is 0. The second-order valence-electron chi connectivity index (χ2n) is 7.35. The number of nitrogens with zero attached hydrogens (tertiary/aromatic N) is 3. The number of rotatable bonds is 8. The average molecular weight is 445 g/mol. The molecule has 1 aliphatic carbocycles. The number of hydrogen-bond donors (Lipinski definition) is 1. The number of fused-ring (bicyclic) bond motifs is 1. The van der Waals surface area contributed by atoms with E-state index in [0.717, 1.165) is 0 Å². The van der Waals surface area contributed by atoms with Crippen LogP contribution in [0, 0.1) is 5.92 Å². The van der Waals surface area contributed by atoms with Gasteiger partial charge in [0.1, 0.15) is 0 Å². The summed E-state index contributed by atoms with van der Waals surface area (Å²) in [6, 6.07) is 5.16. The summed E-state index contributed by atoms with van der Waals surface area (Å²) >= 11 is 2.82. The van der Waals surface area contributed by atoms with Gasteiger partial charge in [-0.2, -0.15) is 0 Å². The summed E-state index contributed by atoms with van der Waals surface area (Å²) in [5, 5.41) is 4.67. The minimum Gasteiger partial charge on any atom is -0.489 e. The van der Waals surface area contributed by atoms with Crippen molar-refractivity contribution in [3.63, 3.8) is 0 Å². The molecular weight excluding hydrogens is 420 g/mol. The molecule has 0 aliphatic heterocycles. The molecule has 0 aromatic carbocycles. The number of carbonyl (C=O) groups is 1. The van der Waals surface area contributed by atoms with Gasteiger partial charge in [-0.25, -0.2) is 9.97 Å². The number of thioether (sulfide) groups is 1. The fourth-order valence-corrected chi connectivity index (χ4v) is 5.00. The minimum atomic E-state index is -0.157. The van der Waals surface area contributed by atoms with Crippen molar-refractivity contribution in [2.45, 2.75) is 37.9 Å². The predicted octanol–water partition coefficient (Wildman–Crippen LogP) is 3.98. The molecule has 1 amide bonds. The summed E-state index contributed by atoms with van der Waals surface area (Å²) in [5.74, 6) is 2.22. The summed E-state index contributed by atoms with van der Waals surface area (Å²) in [6.07, 6.45) is 9.60. The van der Waals surface area contributed by atoms with E-state index < -0.39 is 0 Å². The zero-order chi connectivity index (χ0) is 20.8. The van der Waals surface area contributed by atoms with E-state index in [1.54, 1.807) is 12.4 Å². The minimum absolute atomic E-state index is 0.102. The van der Waals surface area contributed by atoms with Crippen molar-refractivity contribution in [1.82, 2.24) is 14.4 Å². The molecule has 7 nitrogen and oxygen atoms in total. The molecule has 0 saturated heterocycles. The Morgan fingerprint density at radius 2 is 2.20 bits per heavy atom. The number of pyridine rings is 1. The van der Waals surface area contributed by atoms with Crippen LogP contribution in [0.4, 0.5) is 5.82 Å². The first-order chi connectivity index (χ1) is 14.7. The van der Waals surface area contributed by atoms with Gasteiger partial charge in [0.05, 0.1) is 18.1 Å². The molecule has 0 bridgehead atoms. The molecule has 3 aromatic heterocycles. The number of hydrogen-bond acceptors (Lipinski definition) is 7. The smallest absolute Gasteiger partial charge is 0.258 e. The Kier molecular flexibility index (Phi) is 7.01. The molecule has 0 atom stereocenters. The number of nitrogens with one attached hydrogen (secondary N) is 1. The lowest BCUT2D eigenvalue weighted by atomic mass is 9.90. The van der Waals surface area contributed by atoms with Crippen LogP contribution in [0.1, 0.15) is 37.8 Å². The summed E-state index contributed by atoms with van der Waals surface area (Å²) in [6.45, 7) is 0.662. The number of carbonyl (C=O) groups excluding carboxylic acids is 1. The Morgan fingerprint density at radius 3 is 3.07 bits per heavy atom. The molecule has 158 valence electrons. The third-order valence-corrected chi connectivity index (χ3v) is 6.79. The van der Waals surface area contributed by atoms with Gasteiger partial charge >= 0.3 is 0 Å². The van der Waals surface area contributed by atoms with Gasteiger partial charge in [0.15, 0.2) is 16.5 Å². The Morgan fingerprint density at radius 1 is 1.33 bits per heavy atom. The first-order valence-electron chi connectivity index (χ1n) is 10.1. The van der Waals surface area contributed by atoms with Crippen molar-refractivity contribution >= 4 is 39.8 Å². The highest BCUT2D eigenvalue weighted by Crippen LogP contribution is 2.27. The van der Waals surface area contributed by atoms with Crippen molar-refractivity contribution in [1.29, 1.82) is 0 Å². The molecule has 1 aliphatic rings. The van der Waals surface area contributed by atoms with Crippen LogP contribution in [-0.4, -0.2) is 32.6 Å². The largest absolute Gasteiger partial charge is 0.489 e. The first-order valence-corrected chi connectivity index (χ1v) is 12.1. The molecule has 3 heterocycles. The molecule has 0 unspecified atom stereocenters. The molecule has 3 aromatic rings. The Hall–Kier alpha value is -2.39. The second-order valence-corrected chi connectivity index (χ2v) is 9.21. The van der Waals surface area contributed by atoms with Gasteiger partial charge in [0, 0.05) is 29.6 Å². The lowest BCUT2D eigenvalue weighted by Gasteiger charge is -2.22. The van der Waals surface area contributed by atoms with Crippen LogP contribution in [0.5, 0.6) is 5.75 Å². The van der Waals surface area contributed by atoms with Gasteiger partial charge in [-0.05, 0) is 30.9 Å². The lowest BCUT2D eigenvalue weighted by Crippen LogP contribution is -2.19. The Labute approximate surface area is 182 Å². The van der Waals surface area contributed by atoms with Gasteiger partial charge in [-0.1, -0.05) is 19.3 Å². The summed E-state index contributed by atoms with van der Waals surface area (Å²) < 4.78 is 7.48. The third-order valence-electron chi connectivity index (χ3n) is 5.07. The summed E-state index contributed by atoms with van der Waals surface area (Å²) in [5.41, 5.74) is 0.573. The van der Waals surface area contributed by atoms with Crippen LogP contribution < -0.4 is 15.6 Å². The molecule has 0 radical (unpaired) electrons. The van der Waals surface area contributed by atoms with Crippen LogP contribution >= 0.6 is 23.1 Å². The zero-order valence-corrected chi connectivity index (χ0v) is 18.2. The van der Waals surface area contributed by atoms with Gasteiger partial charge in [0.25, 0.3) is 5.56 Å². The zero-order valence-electron chi connectivity index (χ0n) is 16.6. The van der Waals surface area contributed by atoms with E-state index in [4.69, 9.17) is 4.74 Å². The standard InChI is InChI=1S/C21H24N4O3S2/c26-18(14-29-13-16-11-19(27)25-9-10-30-21(25)23-16)24-20-17(7-4-8-22-20)28-12-15-5-2-1-3-6-15/h4,7-11,15H,1-3,5-6,12-14H2,(H,22,24,26). The molecule has 1 fully saturated rings. The van der Waals surface area contributed by atoms with E-state index in [9.17, 15) is 9.59 Å². The maximum absolute atomic E-state index is 12.4. The lowest BCUT2D eigenvalue weighted by molar-refractivity contribution is -0.113. The van der Waals surface area contributed by atoms with Crippen molar-refractivity contribution < 1.29 is 9.53 Å². The molecule has 30 heavy (non-hydrogen) atoms. The normalized spacial score (nSPS) is 14.7. The molecule has 4 rings (SSSR count). The summed E-state index contributed by atoms with van der Waals surface area (Å²) in [4.78, 5) is 33.8. The SMILES string of the molecule is O=C(CSCc1cc(=O)n2ccsc2n1)Nc1ncccc1OCC1CCCCC1. The average Bonchev–Trinajstić information content (AvgIpc) is 3.23. The molecule has 0 spiro atoms. The van der Waals surface area contributed by atoms with Crippen molar-refractivity contribution in [2.24, 2.45) is 5.92 Å². The van der Waals surface area contributed by atoms with E-state index in [1.807, 2.05) is 17.5 Å². The topological polar surface area (TPSA) is 85.6 Å². The Bertz CT molecular complexity index is 1060. The van der Waals surface area contributed by atoms with E-state index >= 15 is 0 Å². The second kappa shape index (κ2) is 10.1. The van der Waals surface area contributed by atoms with Crippen LogP contribution in [0.15, 0.2) is 40.8 Å². The molecule has 1 saturated carbocycles. The van der Waals surface area contributed by atoms with E-state index in [0.29, 0.717) is 40.5 Å². The number of thiazole rings is 1. The van der Waals surface area contributed by atoms with Crippen molar-refractivity contribution in [3.8, 4) is 5.75 Å². The third kappa shape index (κ3) is 5.40. The van der Waals surface area contributed by atoms with E-state index in [1.165, 1.54) is 65.7 Å². The van der Waals surface area contributed by atoms with E-state index in [2.05, 4.69) is 15.3 Å². The van der Waals surface area contributed by atoms with Gasteiger partial charge < -0.3 is 10.1 Å². The van der Waals surface area contributed by atoms with Crippen molar-refractivity contribution in [3.05, 3.63) is 52.0 Å². The van der Waals surface area contributed by atoms with Crippen LogP contribution in [-0.2, 0) is 10.5 Å². The van der Waals surface area contributed by atoms with Crippen LogP contribution in [0.25, 0.3) is 4.96 Å². The van der Waals surface area contributed by atoms with E-state index in [-0.39, 0.29) is 17.2 Å². The molecular formula is C21H24N4O3S2. The maximum Gasteiger partial charge on any atom is 0.258 e. The number of aromatic nitrogens is 3. The van der Waals surface area contributed by atoms with Gasteiger partial charge in [-0.15, -0.1) is 23.1 Å². The highest BCUT2D eigenvalue weighted by atomic mass is 32.2. The maximum atomic E-state index is 12.4. The highest BCUT2D eigenvalue weighted by molar-refractivity contribution is 7.99. The van der Waals surface area contributed by atoms with Gasteiger partial charge in [0.2, 0.25) is 5.91 Å². The predicted molar refractivity (Wildman–Crippen MR) is 120 cm³/mol. The van der Waals surface area contributed by atoms with Crippen molar-refractivity contribution in [2.75, 3.05) is 17.7 Å². The molecule has 1 N–H and O–H groups in total. The quantitative estimate of drug-likeness (QED) is 0.566. The van der Waals surface area contributed by atoms with Crippen LogP contribution in [0.3, 0.4) is 0 Å².